The van der Waals surface area contributed by atoms with E-state index in [9.17, 15) is 10.2 Å². The second-order valence-electron chi connectivity index (χ2n) is 4.66. The van der Waals surface area contributed by atoms with Crippen LogP contribution in [0.3, 0.4) is 0 Å². The first kappa shape index (κ1) is 14.5. The highest BCUT2D eigenvalue weighted by Gasteiger charge is 2.09. The van der Waals surface area contributed by atoms with Crippen LogP contribution >= 0.6 is 11.8 Å². The highest BCUT2D eigenvalue weighted by molar-refractivity contribution is 7.99. The van der Waals surface area contributed by atoms with Crippen LogP contribution in [0.15, 0.2) is 23.1 Å². The summed E-state index contributed by atoms with van der Waals surface area (Å²) in [5.41, 5.74) is 0. The number of hydrogen-bond acceptors (Lipinski definition) is 5. The number of phenolic OH excluding ortho intramolecular Hbond substituents is 2. The molecule has 106 valence electrons. The quantitative estimate of drug-likeness (QED) is 0.477. The third-order valence-corrected chi connectivity index (χ3v) is 4.30. The average Bonchev–Trinajstić information content (AvgIpc) is 2.43. The molecule has 0 aromatic heterocycles. The number of phenols is 2. The van der Waals surface area contributed by atoms with Crippen LogP contribution in [0.2, 0.25) is 0 Å². The van der Waals surface area contributed by atoms with E-state index in [1.165, 1.54) is 12.1 Å². The van der Waals surface area contributed by atoms with Crippen molar-refractivity contribution in [3.05, 3.63) is 18.2 Å². The van der Waals surface area contributed by atoms with E-state index < -0.39 is 0 Å². The normalized spacial score (nSPS) is 16.6. The number of unbranched alkanes of at least 4 members (excludes halogenated alkanes) is 1. The first-order valence-corrected chi connectivity index (χ1v) is 7.69. The molecule has 1 aliphatic heterocycles. The maximum absolute atomic E-state index is 9.64. The number of aromatic hydroxyl groups is 2. The fourth-order valence-electron chi connectivity index (χ4n) is 2.06. The van der Waals surface area contributed by atoms with Gasteiger partial charge >= 0.3 is 0 Å². The van der Waals surface area contributed by atoms with Crippen LogP contribution in [0, 0.1) is 0 Å². The van der Waals surface area contributed by atoms with Crippen molar-refractivity contribution < 1.29 is 14.9 Å². The lowest BCUT2D eigenvalue weighted by molar-refractivity contribution is 0.0374. The number of rotatable bonds is 6. The highest BCUT2D eigenvalue weighted by atomic mass is 32.2. The Labute approximate surface area is 118 Å². The van der Waals surface area contributed by atoms with E-state index in [0.29, 0.717) is 0 Å². The molecule has 5 heteroatoms. The van der Waals surface area contributed by atoms with Gasteiger partial charge in [0.25, 0.3) is 0 Å². The van der Waals surface area contributed by atoms with Crippen molar-refractivity contribution in [2.75, 3.05) is 38.6 Å². The minimum Gasteiger partial charge on any atom is -0.508 e. The molecule has 2 rings (SSSR count). The van der Waals surface area contributed by atoms with Gasteiger partial charge in [0.05, 0.1) is 18.1 Å². The van der Waals surface area contributed by atoms with E-state index in [2.05, 4.69) is 4.90 Å². The molecule has 0 atom stereocenters. The number of thioether (sulfide) groups is 1. The van der Waals surface area contributed by atoms with E-state index in [4.69, 9.17) is 4.74 Å². The van der Waals surface area contributed by atoms with Gasteiger partial charge in [-0.3, -0.25) is 4.90 Å². The van der Waals surface area contributed by atoms with Crippen molar-refractivity contribution in [1.29, 1.82) is 0 Å². The van der Waals surface area contributed by atoms with Gasteiger partial charge in [0.1, 0.15) is 11.5 Å². The van der Waals surface area contributed by atoms with Gasteiger partial charge in [0.2, 0.25) is 0 Å². The predicted octanol–water partition coefficient (Wildman–Crippen LogP) is 2.30. The monoisotopic (exact) mass is 283 g/mol. The van der Waals surface area contributed by atoms with E-state index in [-0.39, 0.29) is 11.5 Å². The van der Waals surface area contributed by atoms with E-state index in [0.717, 1.165) is 56.3 Å². The van der Waals surface area contributed by atoms with Crippen LogP contribution in [-0.4, -0.2) is 53.7 Å². The summed E-state index contributed by atoms with van der Waals surface area (Å²) in [4.78, 5) is 3.19. The Morgan fingerprint density at radius 2 is 1.95 bits per heavy atom. The zero-order valence-electron chi connectivity index (χ0n) is 11.0. The number of benzene rings is 1. The summed E-state index contributed by atoms with van der Waals surface area (Å²) >= 11 is 1.59. The first-order chi connectivity index (χ1) is 9.25. The van der Waals surface area contributed by atoms with Gasteiger partial charge in [-0.25, -0.2) is 0 Å². The molecule has 0 amide bonds. The van der Waals surface area contributed by atoms with E-state index in [1.54, 1.807) is 17.8 Å². The Hall–Kier alpha value is -0.910. The zero-order valence-corrected chi connectivity index (χ0v) is 11.9. The van der Waals surface area contributed by atoms with Gasteiger partial charge in [-0.2, -0.15) is 0 Å². The summed E-state index contributed by atoms with van der Waals surface area (Å²) in [5.74, 6) is 1.41. The molecule has 1 saturated heterocycles. The molecule has 1 aliphatic rings. The molecule has 19 heavy (non-hydrogen) atoms. The lowest BCUT2D eigenvalue weighted by Crippen LogP contribution is -2.36. The third-order valence-electron chi connectivity index (χ3n) is 3.17. The Bertz CT molecular complexity index is 394. The SMILES string of the molecule is Oc1ccc(O)c(SCCCCN2CCOCC2)c1. The van der Waals surface area contributed by atoms with Gasteiger partial charge in [0.15, 0.2) is 0 Å². The average molecular weight is 283 g/mol. The maximum atomic E-state index is 9.64. The second kappa shape index (κ2) is 7.62. The highest BCUT2D eigenvalue weighted by Crippen LogP contribution is 2.31. The van der Waals surface area contributed by atoms with E-state index >= 15 is 0 Å². The largest absolute Gasteiger partial charge is 0.508 e. The topological polar surface area (TPSA) is 52.9 Å². The maximum Gasteiger partial charge on any atom is 0.129 e. The predicted molar refractivity (Wildman–Crippen MR) is 77.0 cm³/mol. The minimum atomic E-state index is 0.202. The van der Waals surface area contributed by atoms with Crippen molar-refractivity contribution in [2.24, 2.45) is 0 Å². The molecule has 4 nitrogen and oxygen atoms in total. The smallest absolute Gasteiger partial charge is 0.129 e. The molecule has 0 bridgehead atoms. The first-order valence-electron chi connectivity index (χ1n) is 6.70. The summed E-state index contributed by atoms with van der Waals surface area (Å²) in [6, 6.07) is 4.64. The van der Waals surface area contributed by atoms with Crippen molar-refractivity contribution >= 4 is 11.8 Å². The molecule has 1 fully saturated rings. The standard InChI is InChI=1S/C14H21NO3S/c16-12-3-4-13(17)14(11-12)19-10-2-1-5-15-6-8-18-9-7-15/h3-4,11,16-17H,1-2,5-10H2. The summed E-state index contributed by atoms with van der Waals surface area (Å²) in [6.07, 6.45) is 2.27. The van der Waals surface area contributed by atoms with Crippen molar-refractivity contribution in [3.63, 3.8) is 0 Å². The molecule has 1 heterocycles. The molecule has 1 aromatic rings. The number of ether oxygens (including phenoxy) is 1. The van der Waals surface area contributed by atoms with Crippen molar-refractivity contribution in [2.45, 2.75) is 17.7 Å². The third kappa shape index (κ3) is 4.93. The van der Waals surface area contributed by atoms with Crippen LogP contribution in [-0.2, 0) is 4.74 Å². The van der Waals surface area contributed by atoms with Gasteiger partial charge in [-0.15, -0.1) is 11.8 Å². The molecular formula is C14H21NO3S. The molecule has 0 radical (unpaired) electrons. The number of nitrogens with zero attached hydrogens (tertiary/aromatic N) is 1. The Balaban J connectivity index is 1.62. The molecule has 0 saturated carbocycles. The van der Waals surface area contributed by atoms with Crippen LogP contribution in [0.4, 0.5) is 0 Å². The van der Waals surface area contributed by atoms with Crippen LogP contribution in [0.5, 0.6) is 11.5 Å². The summed E-state index contributed by atoms with van der Waals surface area (Å²) in [6.45, 7) is 4.91. The van der Waals surface area contributed by atoms with Gasteiger partial charge < -0.3 is 14.9 Å². The summed E-state index contributed by atoms with van der Waals surface area (Å²) < 4.78 is 5.31. The Morgan fingerprint density at radius 3 is 2.74 bits per heavy atom. The summed E-state index contributed by atoms with van der Waals surface area (Å²) in [5, 5.41) is 19.0. The molecule has 0 spiro atoms. The van der Waals surface area contributed by atoms with Crippen molar-refractivity contribution in [1.82, 2.24) is 4.90 Å². The molecule has 0 aliphatic carbocycles. The Morgan fingerprint density at radius 1 is 1.16 bits per heavy atom. The summed E-state index contributed by atoms with van der Waals surface area (Å²) in [7, 11) is 0. The van der Waals surface area contributed by atoms with Crippen molar-refractivity contribution in [3.8, 4) is 11.5 Å². The molecule has 1 aromatic carbocycles. The number of morpholine rings is 1. The van der Waals surface area contributed by atoms with Crippen LogP contribution in [0.25, 0.3) is 0 Å². The van der Waals surface area contributed by atoms with Gasteiger partial charge in [0, 0.05) is 13.1 Å². The molecular weight excluding hydrogens is 262 g/mol. The molecule has 2 N–H and O–H groups in total. The fourth-order valence-corrected chi connectivity index (χ4v) is 3.05. The second-order valence-corrected chi connectivity index (χ2v) is 5.80. The fraction of sp³-hybridized carbons (Fsp3) is 0.571. The van der Waals surface area contributed by atoms with E-state index in [1.807, 2.05) is 0 Å². The van der Waals surface area contributed by atoms with Gasteiger partial charge in [-0.1, -0.05) is 0 Å². The van der Waals surface area contributed by atoms with Crippen LogP contribution in [0.1, 0.15) is 12.8 Å². The Kier molecular flexibility index (Phi) is 5.82. The molecule has 0 unspecified atom stereocenters. The number of hydrogen-bond donors (Lipinski definition) is 2. The lowest BCUT2D eigenvalue weighted by atomic mass is 10.3. The lowest BCUT2D eigenvalue weighted by Gasteiger charge is -2.26. The van der Waals surface area contributed by atoms with Gasteiger partial charge in [-0.05, 0) is 43.3 Å². The zero-order chi connectivity index (χ0) is 13.5. The van der Waals surface area contributed by atoms with Crippen LogP contribution < -0.4 is 0 Å². The minimum absolute atomic E-state index is 0.202.